The van der Waals surface area contributed by atoms with E-state index in [2.05, 4.69) is 5.32 Å². The quantitative estimate of drug-likeness (QED) is 0.275. The fourth-order valence-electron chi connectivity index (χ4n) is 3.96. The van der Waals surface area contributed by atoms with E-state index in [1.807, 2.05) is 6.07 Å². The van der Waals surface area contributed by atoms with Crippen LogP contribution in [-0.4, -0.2) is 23.8 Å². The van der Waals surface area contributed by atoms with Crippen LogP contribution in [0.4, 0.5) is 5.69 Å². The van der Waals surface area contributed by atoms with Gasteiger partial charge in [-0.2, -0.15) is 0 Å². The van der Waals surface area contributed by atoms with Crippen molar-refractivity contribution >= 4 is 17.4 Å². The van der Waals surface area contributed by atoms with Crippen molar-refractivity contribution in [3.8, 4) is 0 Å². The minimum Gasteiger partial charge on any atom is -0.467 e. The zero-order valence-corrected chi connectivity index (χ0v) is 17.2. The molecule has 32 heavy (non-hydrogen) atoms. The number of carbonyl (C=O) groups excluding carboxylic acids is 2. The van der Waals surface area contributed by atoms with Crippen molar-refractivity contribution in [1.82, 2.24) is 5.32 Å². The second-order valence-electron chi connectivity index (χ2n) is 7.39. The Balaban J connectivity index is 1.90. The van der Waals surface area contributed by atoms with Crippen molar-refractivity contribution < 1.29 is 19.2 Å². The lowest BCUT2D eigenvalue weighted by Crippen LogP contribution is -2.46. The van der Waals surface area contributed by atoms with Crippen LogP contribution in [0.15, 0.2) is 96.6 Å². The molecule has 0 unspecified atom stereocenters. The van der Waals surface area contributed by atoms with Crippen molar-refractivity contribution in [2.24, 2.45) is 0 Å². The summed E-state index contributed by atoms with van der Waals surface area (Å²) in [5, 5.41) is 14.6. The van der Waals surface area contributed by atoms with Crippen molar-refractivity contribution in [1.29, 1.82) is 0 Å². The lowest BCUT2D eigenvalue weighted by atomic mass is 9.89. The second-order valence-corrected chi connectivity index (χ2v) is 7.39. The number of benzene rings is 3. The molecule has 160 valence electrons. The van der Waals surface area contributed by atoms with E-state index < -0.39 is 22.5 Å². The topological polar surface area (TPSA) is 98.5 Å². The zero-order chi connectivity index (χ0) is 22.7. The number of Topliss-reactive ketones (excluding diaryl/α,β-unsaturated/α-hetero) is 1. The van der Waals surface area contributed by atoms with E-state index in [0.29, 0.717) is 22.3 Å². The van der Waals surface area contributed by atoms with Gasteiger partial charge in [-0.05, 0) is 17.2 Å². The van der Waals surface area contributed by atoms with Gasteiger partial charge in [-0.25, -0.2) is 4.79 Å². The molecule has 7 heteroatoms. The normalized spacial score (nSPS) is 19.8. The molecule has 2 atom stereocenters. The van der Waals surface area contributed by atoms with Crippen molar-refractivity contribution in [3.05, 3.63) is 123 Å². The number of ketones is 1. The van der Waals surface area contributed by atoms with Crippen LogP contribution in [0.2, 0.25) is 0 Å². The fraction of sp³-hybridized carbons (Fsp3) is 0.120. The SMILES string of the molecule is COC(=O)[C@@]1(c2ccccc2)C=C(C(=O)c2ccccc2)[C@H](c2cccc([N+](=O)[O-])c2)N1. The molecule has 0 saturated carbocycles. The Labute approximate surface area is 184 Å². The summed E-state index contributed by atoms with van der Waals surface area (Å²) in [5.41, 5.74) is 0.321. The van der Waals surface area contributed by atoms with Crippen LogP contribution in [0.3, 0.4) is 0 Å². The second kappa shape index (κ2) is 8.56. The number of rotatable bonds is 6. The van der Waals surface area contributed by atoms with Gasteiger partial charge >= 0.3 is 5.97 Å². The maximum Gasteiger partial charge on any atom is 0.334 e. The largest absolute Gasteiger partial charge is 0.467 e. The average Bonchev–Trinajstić information content (AvgIpc) is 3.26. The van der Waals surface area contributed by atoms with E-state index in [0.717, 1.165) is 0 Å². The number of non-ortho nitro benzene ring substituents is 1. The predicted molar refractivity (Wildman–Crippen MR) is 118 cm³/mol. The lowest BCUT2D eigenvalue weighted by molar-refractivity contribution is -0.384. The summed E-state index contributed by atoms with van der Waals surface area (Å²) >= 11 is 0. The number of esters is 1. The predicted octanol–water partition coefficient (Wildman–Crippen LogP) is 4.12. The van der Waals surface area contributed by atoms with Crippen LogP contribution in [0, 0.1) is 10.1 Å². The lowest BCUT2D eigenvalue weighted by Gasteiger charge is -2.28. The van der Waals surface area contributed by atoms with Gasteiger partial charge in [0, 0.05) is 23.3 Å². The Hall–Kier alpha value is -4.10. The molecule has 1 N–H and O–H groups in total. The van der Waals surface area contributed by atoms with Gasteiger partial charge in [-0.3, -0.25) is 20.2 Å². The molecule has 7 nitrogen and oxygen atoms in total. The summed E-state index contributed by atoms with van der Waals surface area (Å²) < 4.78 is 5.11. The molecule has 0 aliphatic carbocycles. The molecule has 4 rings (SSSR count). The summed E-state index contributed by atoms with van der Waals surface area (Å²) in [6.45, 7) is 0. The van der Waals surface area contributed by atoms with Crippen LogP contribution in [-0.2, 0) is 15.1 Å². The fourth-order valence-corrected chi connectivity index (χ4v) is 3.96. The van der Waals surface area contributed by atoms with E-state index in [-0.39, 0.29) is 11.5 Å². The Morgan fingerprint density at radius 1 is 0.969 bits per heavy atom. The Kier molecular flexibility index (Phi) is 5.66. The smallest absolute Gasteiger partial charge is 0.334 e. The molecule has 1 heterocycles. The number of nitrogens with zero attached hydrogens (tertiary/aromatic N) is 1. The first-order valence-electron chi connectivity index (χ1n) is 9.95. The number of nitro groups is 1. The third-order valence-corrected chi connectivity index (χ3v) is 5.50. The third kappa shape index (κ3) is 3.70. The average molecular weight is 428 g/mol. The first-order valence-corrected chi connectivity index (χ1v) is 9.95. The molecule has 3 aromatic carbocycles. The summed E-state index contributed by atoms with van der Waals surface area (Å²) in [5.74, 6) is -0.869. The molecular weight excluding hydrogens is 408 g/mol. The van der Waals surface area contributed by atoms with Gasteiger partial charge in [-0.15, -0.1) is 0 Å². The van der Waals surface area contributed by atoms with Crippen LogP contribution in [0.25, 0.3) is 0 Å². The van der Waals surface area contributed by atoms with E-state index in [1.54, 1.807) is 72.8 Å². The number of ether oxygens (including phenoxy) is 1. The standard InChI is InChI=1S/C25H20N2O5/c1-32-24(29)25(19-12-6-3-7-13-19)16-21(23(28)17-9-4-2-5-10-17)22(26-25)18-11-8-14-20(15-18)27(30)31/h2-16,22,26H,1H3/t22-,25-/m0/s1. The van der Waals surface area contributed by atoms with Gasteiger partial charge in [0.15, 0.2) is 11.3 Å². The van der Waals surface area contributed by atoms with E-state index >= 15 is 0 Å². The molecule has 3 aromatic rings. The van der Waals surface area contributed by atoms with E-state index in [4.69, 9.17) is 4.74 Å². The summed E-state index contributed by atoms with van der Waals surface area (Å²) in [4.78, 5) is 37.4. The van der Waals surface area contributed by atoms with Crippen LogP contribution >= 0.6 is 0 Å². The Morgan fingerprint density at radius 3 is 2.25 bits per heavy atom. The maximum atomic E-state index is 13.5. The highest BCUT2D eigenvalue weighted by atomic mass is 16.6. The number of hydrogen-bond donors (Lipinski definition) is 1. The Morgan fingerprint density at radius 2 is 1.62 bits per heavy atom. The van der Waals surface area contributed by atoms with Crippen LogP contribution in [0.5, 0.6) is 0 Å². The number of carbonyl (C=O) groups is 2. The Bertz CT molecular complexity index is 1210. The number of nitro benzene ring substituents is 1. The molecule has 0 fully saturated rings. The highest BCUT2D eigenvalue weighted by Crippen LogP contribution is 2.41. The van der Waals surface area contributed by atoms with Gasteiger partial charge in [0.05, 0.1) is 18.1 Å². The minimum atomic E-state index is -1.43. The first kappa shape index (κ1) is 21.1. The summed E-state index contributed by atoms with van der Waals surface area (Å²) in [6.07, 6.45) is 1.58. The minimum absolute atomic E-state index is 0.105. The maximum absolute atomic E-state index is 13.5. The molecule has 0 saturated heterocycles. The number of hydrogen-bond acceptors (Lipinski definition) is 6. The zero-order valence-electron chi connectivity index (χ0n) is 17.2. The van der Waals surface area contributed by atoms with E-state index in [9.17, 15) is 19.7 Å². The summed E-state index contributed by atoms with van der Waals surface area (Å²) in [7, 11) is 1.28. The van der Waals surface area contributed by atoms with Crippen LogP contribution in [0.1, 0.15) is 27.5 Å². The molecule has 1 aliphatic rings. The molecule has 0 radical (unpaired) electrons. The van der Waals surface area contributed by atoms with Crippen LogP contribution < -0.4 is 5.32 Å². The third-order valence-electron chi connectivity index (χ3n) is 5.50. The van der Waals surface area contributed by atoms with Crippen molar-refractivity contribution in [3.63, 3.8) is 0 Å². The monoisotopic (exact) mass is 428 g/mol. The molecule has 0 bridgehead atoms. The molecule has 0 amide bonds. The van der Waals surface area contributed by atoms with Gasteiger partial charge < -0.3 is 4.74 Å². The summed E-state index contributed by atoms with van der Waals surface area (Å²) in [6, 6.07) is 22.9. The van der Waals surface area contributed by atoms with Crippen molar-refractivity contribution in [2.75, 3.05) is 7.11 Å². The first-order chi connectivity index (χ1) is 15.5. The van der Waals surface area contributed by atoms with Gasteiger partial charge in [0.1, 0.15) is 0 Å². The number of methoxy groups -OCH3 is 1. The molecule has 1 aliphatic heterocycles. The van der Waals surface area contributed by atoms with Gasteiger partial charge in [0.2, 0.25) is 0 Å². The molecular formula is C25H20N2O5. The van der Waals surface area contributed by atoms with Gasteiger partial charge in [-0.1, -0.05) is 72.8 Å². The highest BCUT2D eigenvalue weighted by molar-refractivity contribution is 6.11. The van der Waals surface area contributed by atoms with Gasteiger partial charge in [0.25, 0.3) is 5.69 Å². The molecule has 0 spiro atoms. The number of nitrogens with one attached hydrogen (secondary N) is 1. The molecule has 0 aromatic heterocycles. The van der Waals surface area contributed by atoms with E-state index in [1.165, 1.54) is 19.2 Å². The van der Waals surface area contributed by atoms with Crippen molar-refractivity contribution in [2.45, 2.75) is 11.6 Å². The highest BCUT2D eigenvalue weighted by Gasteiger charge is 2.49.